The van der Waals surface area contributed by atoms with E-state index in [0.717, 1.165) is 28.5 Å². The zero-order chi connectivity index (χ0) is 25.1. The molecule has 3 aromatic carbocycles. The topological polar surface area (TPSA) is 93.1 Å². The summed E-state index contributed by atoms with van der Waals surface area (Å²) in [6.45, 7) is 3.02. The summed E-state index contributed by atoms with van der Waals surface area (Å²) in [5, 5.41) is 5.02. The Kier molecular flexibility index (Phi) is 6.92. The fraction of sp³-hybridized carbons (Fsp3) is 0.120. The van der Waals surface area contributed by atoms with Crippen LogP contribution >= 0.6 is 11.8 Å². The van der Waals surface area contributed by atoms with Crippen LogP contribution in [0.5, 0.6) is 0 Å². The number of rotatable bonds is 6. The lowest BCUT2D eigenvalue weighted by atomic mass is 10.2. The van der Waals surface area contributed by atoms with Crippen molar-refractivity contribution < 1.29 is 18.4 Å². The second-order valence-corrected chi connectivity index (χ2v) is 8.96. The number of hydrogen-bond acceptors (Lipinski definition) is 5. The summed E-state index contributed by atoms with van der Waals surface area (Å²) in [5.41, 5.74) is 0.775. The highest BCUT2D eigenvalue weighted by molar-refractivity contribution is 8.00. The van der Waals surface area contributed by atoms with Gasteiger partial charge in [-0.05, 0) is 55.5 Å². The molecule has 35 heavy (non-hydrogen) atoms. The molecule has 0 unspecified atom stereocenters. The van der Waals surface area contributed by atoms with Gasteiger partial charge < -0.3 is 10.6 Å². The fourth-order valence-electron chi connectivity index (χ4n) is 3.36. The Morgan fingerprint density at radius 3 is 2.29 bits per heavy atom. The third-order valence-electron chi connectivity index (χ3n) is 5.02. The first-order valence-corrected chi connectivity index (χ1v) is 11.4. The van der Waals surface area contributed by atoms with Crippen molar-refractivity contribution in [1.29, 1.82) is 0 Å². The molecular weight excluding hydrogens is 474 g/mol. The molecule has 1 atom stereocenters. The number of thioether (sulfide) groups is 1. The van der Waals surface area contributed by atoms with Gasteiger partial charge in [0, 0.05) is 24.4 Å². The third kappa shape index (κ3) is 5.38. The van der Waals surface area contributed by atoms with Gasteiger partial charge in [-0.15, -0.1) is 0 Å². The smallest absolute Gasteiger partial charge is 0.266 e. The first-order valence-electron chi connectivity index (χ1n) is 10.6. The van der Waals surface area contributed by atoms with Crippen molar-refractivity contribution in [3.8, 4) is 5.69 Å². The second kappa shape index (κ2) is 10.1. The number of amides is 2. The van der Waals surface area contributed by atoms with Crippen LogP contribution in [0.3, 0.4) is 0 Å². The Morgan fingerprint density at radius 2 is 1.63 bits per heavy atom. The normalized spacial score (nSPS) is 11.8. The molecule has 0 aliphatic rings. The molecule has 7 nitrogen and oxygen atoms in total. The van der Waals surface area contributed by atoms with Crippen molar-refractivity contribution >= 4 is 45.9 Å². The number of nitrogens with zero attached hydrogens (tertiary/aromatic N) is 2. The Labute approximate surface area is 203 Å². The predicted octanol–water partition coefficient (Wildman–Crippen LogP) is 4.74. The number of halogens is 2. The minimum absolute atomic E-state index is 0.0860. The van der Waals surface area contributed by atoms with E-state index < -0.39 is 22.4 Å². The number of nitrogens with one attached hydrogen (secondary N) is 2. The van der Waals surface area contributed by atoms with Crippen LogP contribution in [0.1, 0.15) is 13.8 Å². The molecule has 0 spiro atoms. The van der Waals surface area contributed by atoms with Crippen molar-refractivity contribution in [3.63, 3.8) is 0 Å². The molecule has 4 aromatic rings. The lowest BCUT2D eigenvalue weighted by Gasteiger charge is -2.17. The highest BCUT2D eigenvalue weighted by atomic mass is 32.2. The zero-order valence-corrected chi connectivity index (χ0v) is 19.5. The van der Waals surface area contributed by atoms with Crippen LogP contribution in [-0.4, -0.2) is 26.6 Å². The lowest BCUT2D eigenvalue weighted by molar-refractivity contribution is -0.115. The molecule has 2 amide bonds. The minimum atomic E-state index is -0.928. The van der Waals surface area contributed by atoms with E-state index in [-0.39, 0.29) is 28.0 Å². The molecule has 1 heterocycles. The molecule has 0 aliphatic heterocycles. The van der Waals surface area contributed by atoms with Gasteiger partial charge in [0.15, 0.2) is 5.16 Å². The predicted molar refractivity (Wildman–Crippen MR) is 132 cm³/mol. The number of fused-ring (bicyclic) bond motifs is 1. The van der Waals surface area contributed by atoms with Crippen molar-refractivity contribution in [1.82, 2.24) is 9.55 Å². The number of carbonyl (C=O) groups excluding carboxylic acids is 2. The van der Waals surface area contributed by atoms with Crippen LogP contribution in [0, 0.1) is 11.6 Å². The van der Waals surface area contributed by atoms with Crippen molar-refractivity contribution in [3.05, 3.63) is 88.7 Å². The van der Waals surface area contributed by atoms with Gasteiger partial charge in [-0.25, -0.2) is 13.8 Å². The van der Waals surface area contributed by atoms with Gasteiger partial charge in [-0.1, -0.05) is 23.9 Å². The van der Waals surface area contributed by atoms with Gasteiger partial charge in [0.25, 0.3) is 5.56 Å². The number of hydrogen-bond donors (Lipinski definition) is 2. The molecule has 0 saturated heterocycles. The van der Waals surface area contributed by atoms with Gasteiger partial charge in [-0.2, -0.15) is 0 Å². The Bertz CT molecular complexity index is 1490. The molecule has 0 bridgehead atoms. The fourth-order valence-corrected chi connectivity index (χ4v) is 4.28. The van der Waals surface area contributed by atoms with E-state index >= 15 is 0 Å². The highest BCUT2D eigenvalue weighted by Crippen LogP contribution is 2.27. The van der Waals surface area contributed by atoms with Crippen LogP contribution in [0.2, 0.25) is 0 Å². The Balaban J connectivity index is 1.65. The van der Waals surface area contributed by atoms with Gasteiger partial charge >= 0.3 is 0 Å². The Hall–Kier alpha value is -4.05. The highest BCUT2D eigenvalue weighted by Gasteiger charge is 2.22. The molecule has 10 heteroatoms. The number of anilines is 2. The molecule has 0 radical (unpaired) electrons. The maximum atomic E-state index is 14.6. The zero-order valence-electron chi connectivity index (χ0n) is 18.7. The van der Waals surface area contributed by atoms with E-state index in [1.807, 2.05) is 0 Å². The first kappa shape index (κ1) is 24.1. The van der Waals surface area contributed by atoms with Crippen molar-refractivity contribution in [2.75, 3.05) is 10.6 Å². The van der Waals surface area contributed by atoms with Gasteiger partial charge in [0.2, 0.25) is 11.8 Å². The molecule has 178 valence electrons. The first-order chi connectivity index (χ1) is 16.7. The molecule has 0 saturated carbocycles. The van der Waals surface area contributed by atoms with E-state index in [1.165, 1.54) is 6.92 Å². The molecule has 0 aliphatic carbocycles. The van der Waals surface area contributed by atoms with E-state index in [9.17, 15) is 23.2 Å². The van der Waals surface area contributed by atoms with Crippen molar-refractivity contribution in [2.24, 2.45) is 0 Å². The van der Waals surface area contributed by atoms with Gasteiger partial charge in [0.1, 0.15) is 11.6 Å². The summed E-state index contributed by atoms with van der Waals surface area (Å²) in [6.07, 6.45) is 0. The molecule has 4 rings (SSSR count). The van der Waals surface area contributed by atoms with E-state index in [4.69, 9.17) is 0 Å². The van der Waals surface area contributed by atoms with Crippen LogP contribution in [-0.2, 0) is 9.59 Å². The summed E-state index contributed by atoms with van der Waals surface area (Å²) in [7, 11) is 0. The van der Waals surface area contributed by atoms with E-state index in [0.29, 0.717) is 23.0 Å². The Morgan fingerprint density at radius 1 is 0.971 bits per heavy atom. The largest absolute Gasteiger partial charge is 0.326 e. The third-order valence-corrected chi connectivity index (χ3v) is 6.07. The van der Waals surface area contributed by atoms with Crippen LogP contribution in [0.4, 0.5) is 20.2 Å². The maximum Gasteiger partial charge on any atom is 0.266 e. The average Bonchev–Trinajstić information content (AvgIpc) is 2.81. The lowest BCUT2D eigenvalue weighted by Crippen LogP contribution is -2.26. The maximum absolute atomic E-state index is 14.6. The summed E-state index contributed by atoms with van der Waals surface area (Å²) < 4.78 is 29.2. The monoisotopic (exact) mass is 494 g/mol. The quantitative estimate of drug-likeness (QED) is 0.298. The summed E-state index contributed by atoms with van der Waals surface area (Å²) in [6, 6.07) is 16.1. The standard InChI is InChI=1S/C25H20F2N4O3S/c1-14(23(33)29-18-10-8-17(9-11-18)28-15(2)32)35-25-30-21-6-4-3-5-19(21)24(34)31(25)22-12-7-16(26)13-20(22)27/h3-14H,1-2H3,(H,28,32)(H,29,33)/t14-/m0/s1. The second-order valence-electron chi connectivity index (χ2n) is 7.66. The van der Waals surface area contributed by atoms with Crippen LogP contribution in [0.25, 0.3) is 16.6 Å². The van der Waals surface area contributed by atoms with Gasteiger partial charge in [0.05, 0.1) is 21.8 Å². The summed E-state index contributed by atoms with van der Waals surface area (Å²) in [5.74, 6) is -2.30. The molecule has 2 N–H and O–H groups in total. The molecule has 1 aromatic heterocycles. The number of benzene rings is 3. The van der Waals surface area contributed by atoms with Crippen LogP contribution < -0.4 is 16.2 Å². The van der Waals surface area contributed by atoms with Gasteiger partial charge in [-0.3, -0.25) is 19.0 Å². The number of carbonyl (C=O) groups is 2. The number of aromatic nitrogens is 2. The minimum Gasteiger partial charge on any atom is -0.326 e. The van der Waals surface area contributed by atoms with Crippen LogP contribution in [0.15, 0.2) is 76.7 Å². The summed E-state index contributed by atoms with van der Waals surface area (Å²) >= 11 is 0.968. The average molecular weight is 495 g/mol. The molecular formula is C25H20F2N4O3S. The molecule has 0 fully saturated rings. The van der Waals surface area contributed by atoms with E-state index in [2.05, 4.69) is 15.6 Å². The number of para-hydroxylation sites is 1. The van der Waals surface area contributed by atoms with Crippen molar-refractivity contribution in [2.45, 2.75) is 24.3 Å². The van der Waals surface area contributed by atoms with E-state index in [1.54, 1.807) is 55.5 Å². The SMILES string of the molecule is CC(=O)Nc1ccc(NC(=O)[C@H](C)Sc2nc3ccccc3c(=O)n2-c2ccc(F)cc2F)cc1. The summed E-state index contributed by atoms with van der Waals surface area (Å²) in [4.78, 5) is 41.7.